The van der Waals surface area contributed by atoms with E-state index in [1.807, 2.05) is 26.8 Å². The summed E-state index contributed by atoms with van der Waals surface area (Å²) in [6, 6.07) is 1.99. The summed E-state index contributed by atoms with van der Waals surface area (Å²) in [5.74, 6) is 0. The molecule has 0 aliphatic rings. The minimum absolute atomic E-state index is 0.471. The lowest BCUT2D eigenvalue weighted by Crippen LogP contribution is -2.09. The summed E-state index contributed by atoms with van der Waals surface area (Å²) in [5.41, 5.74) is 2.59. The molecule has 102 valence electrons. The molecule has 0 fully saturated rings. The molecule has 2 aromatic heterocycles. The molecule has 0 atom stereocenters. The number of aromatic nitrogens is 4. The quantitative estimate of drug-likeness (QED) is 0.745. The SMILES string of the molecule is CCOC(OCC)c1cn(-c2cncc(C)c2)nn1. The highest BCUT2D eigenvalue weighted by Gasteiger charge is 2.16. The highest BCUT2D eigenvalue weighted by Crippen LogP contribution is 2.17. The maximum absolute atomic E-state index is 5.49. The first kappa shape index (κ1) is 13.6. The Morgan fingerprint density at radius 3 is 2.58 bits per heavy atom. The Morgan fingerprint density at radius 2 is 1.95 bits per heavy atom. The van der Waals surface area contributed by atoms with Gasteiger partial charge in [-0.15, -0.1) is 5.10 Å². The van der Waals surface area contributed by atoms with Crippen molar-refractivity contribution in [3.05, 3.63) is 35.9 Å². The molecule has 0 saturated heterocycles. The van der Waals surface area contributed by atoms with E-state index < -0.39 is 6.29 Å². The second kappa shape index (κ2) is 6.40. The standard InChI is InChI=1S/C13H18N4O2/c1-4-18-13(19-5-2)12-9-17(16-15-12)11-6-10(3)7-14-8-11/h6-9,13H,4-5H2,1-3H3. The van der Waals surface area contributed by atoms with Crippen LogP contribution in [0.5, 0.6) is 0 Å². The number of hydrogen-bond donors (Lipinski definition) is 0. The molecule has 0 aliphatic carbocycles. The smallest absolute Gasteiger partial charge is 0.204 e. The molecule has 0 bridgehead atoms. The predicted molar refractivity (Wildman–Crippen MR) is 69.9 cm³/mol. The summed E-state index contributed by atoms with van der Waals surface area (Å²) in [5, 5.41) is 8.17. The Morgan fingerprint density at radius 1 is 1.21 bits per heavy atom. The Labute approximate surface area is 112 Å². The van der Waals surface area contributed by atoms with E-state index in [1.54, 1.807) is 23.3 Å². The second-order valence-electron chi connectivity index (χ2n) is 4.05. The van der Waals surface area contributed by atoms with Gasteiger partial charge in [0.15, 0.2) is 0 Å². The van der Waals surface area contributed by atoms with Gasteiger partial charge in [-0.1, -0.05) is 5.21 Å². The van der Waals surface area contributed by atoms with Gasteiger partial charge < -0.3 is 9.47 Å². The lowest BCUT2D eigenvalue weighted by Gasteiger charge is -2.13. The van der Waals surface area contributed by atoms with Crippen LogP contribution in [0.25, 0.3) is 5.69 Å². The number of rotatable bonds is 6. The number of pyridine rings is 1. The molecule has 0 unspecified atom stereocenters. The normalized spacial score (nSPS) is 11.2. The van der Waals surface area contributed by atoms with Crippen molar-refractivity contribution in [3.63, 3.8) is 0 Å². The average Bonchev–Trinajstić information content (AvgIpc) is 2.88. The van der Waals surface area contributed by atoms with Crippen LogP contribution in [0.4, 0.5) is 0 Å². The van der Waals surface area contributed by atoms with Crippen LogP contribution in [0.15, 0.2) is 24.7 Å². The molecule has 19 heavy (non-hydrogen) atoms. The zero-order valence-electron chi connectivity index (χ0n) is 11.4. The molecule has 2 heterocycles. The zero-order valence-corrected chi connectivity index (χ0v) is 11.4. The van der Waals surface area contributed by atoms with Gasteiger partial charge in [-0.3, -0.25) is 4.98 Å². The highest BCUT2D eigenvalue weighted by atomic mass is 16.7. The molecule has 0 amide bonds. The van der Waals surface area contributed by atoms with Crippen LogP contribution in [-0.4, -0.2) is 33.2 Å². The van der Waals surface area contributed by atoms with Gasteiger partial charge in [0, 0.05) is 19.4 Å². The molecule has 2 aromatic rings. The third kappa shape index (κ3) is 3.36. The van der Waals surface area contributed by atoms with Gasteiger partial charge >= 0.3 is 0 Å². The molecular formula is C13H18N4O2. The second-order valence-corrected chi connectivity index (χ2v) is 4.05. The Hall–Kier alpha value is -1.79. The highest BCUT2D eigenvalue weighted by molar-refractivity contribution is 5.30. The first-order chi connectivity index (χ1) is 9.24. The molecule has 0 radical (unpaired) electrons. The molecule has 0 N–H and O–H groups in total. The molecule has 2 rings (SSSR count). The first-order valence-electron chi connectivity index (χ1n) is 6.32. The fraction of sp³-hybridized carbons (Fsp3) is 0.462. The fourth-order valence-electron chi connectivity index (χ4n) is 1.70. The van der Waals surface area contributed by atoms with Crippen LogP contribution in [0, 0.1) is 6.92 Å². The first-order valence-corrected chi connectivity index (χ1v) is 6.32. The topological polar surface area (TPSA) is 62.1 Å². The maximum atomic E-state index is 5.49. The van der Waals surface area contributed by atoms with Crippen molar-refractivity contribution in [1.82, 2.24) is 20.0 Å². The monoisotopic (exact) mass is 262 g/mol. The van der Waals surface area contributed by atoms with Crippen molar-refractivity contribution >= 4 is 0 Å². The molecule has 0 saturated carbocycles. The zero-order chi connectivity index (χ0) is 13.7. The number of nitrogens with zero attached hydrogens (tertiary/aromatic N) is 4. The summed E-state index contributed by atoms with van der Waals surface area (Å²) in [6.45, 7) is 6.94. The van der Waals surface area contributed by atoms with Crippen molar-refractivity contribution in [2.24, 2.45) is 0 Å². The lowest BCUT2D eigenvalue weighted by molar-refractivity contribution is -0.142. The Bertz CT molecular complexity index is 521. The predicted octanol–water partition coefficient (Wildman–Crippen LogP) is 2.04. The van der Waals surface area contributed by atoms with Crippen LogP contribution >= 0.6 is 0 Å². The van der Waals surface area contributed by atoms with E-state index in [1.165, 1.54) is 0 Å². The lowest BCUT2D eigenvalue weighted by atomic mass is 10.3. The molecule has 0 aromatic carbocycles. The Balaban J connectivity index is 2.22. The third-order valence-corrected chi connectivity index (χ3v) is 2.51. The molecule has 0 spiro atoms. The maximum Gasteiger partial charge on any atom is 0.204 e. The summed E-state index contributed by atoms with van der Waals surface area (Å²) in [7, 11) is 0. The summed E-state index contributed by atoms with van der Waals surface area (Å²) in [6.07, 6.45) is 4.86. The van der Waals surface area contributed by atoms with Crippen molar-refractivity contribution in [2.45, 2.75) is 27.1 Å². The number of hydrogen-bond acceptors (Lipinski definition) is 5. The third-order valence-electron chi connectivity index (χ3n) is 2.51. The number of ether oxygens (including phenoxy) is 2. The summed E-state index contributed by atoms with van der Waals surface area (Å²) in [4.78, 5) is 4.14. The van der Waals surface area contributed by atoms with E-state index in [9.17, 15) is 0 Å². The summed E-state index contributed by atoms with van der Waals surface area (Å²) >= 11 is 0. The van der Waals surface area contributed by atoms with Gasteiger partial charge in [0.1, 0.15) is 5.69 Å². The van der Waals surface area contributed by atoms with E-state index >= 15 is 0 Å². The van der Waals surface area contributed by atoms with Crippen LogP contribution in [0.2, 0.25) is 0 Å². The molecule has 6 nitrogen and oxygen atoms in total. The van der Waals surface area contributed by atoms with E-state index in [0.29, 0.717) is 18.9 Å². The van der Waals surface area contributed by atoms with Crippen molar-refractivity contribution in [1.29, 1.82) is 0 Å². The van der Waals surface area contributed by atoms with Gasteiger partial charge in [-0.25, -0.2) is 4.68 Å². The van der Waals surface area contributed by atoms with Crippen LogP contribution in [-0.2, 0) is 9.47 Å². The minimum Gasteiger partial charge on any atom is -0.347 e. The van der Waals surface area contributed by atoms with Crippen molar-refractivity contribution in [3.8, 4) is 5.69 Å². The van der Waals surface area contributed by atoms with Gasteiger partial charge in [0.2, 0.25) is 6.29 Å². The summed E-state index contributed by atoms with van der Waals surface area (Å²) < 4.78 is 12.6. The average molecular weight is 262 g/mol. The molecular weight excluding hydrogens is 244 g/mol. The van der Waals surface area contributed by atoms with Crippen LogP contribution < -0.4 is 0 Å². The van der Waals surface area contributed by atoms with Gasteiger partial charge in [-0.2, -0.15) is 0 Å². The van der Waals surface area contributed by atoms with E-state index in [4.69, 9.17) is 9.47 Å². The molecule has 6 heteroatoms. The van der Waals surface area contributed by atoms with Gasteiger partial charge in [0.25, 0.3) is 0 Å². The molecule has 0 aliphatic heterocycles. The van der Waals surface area contributed by atoms with Crippen molar-refractivity contribution in [2.75, 3.05) is 13.2 Å². The fourth-order valence-corrected chi connectivity index (χ4v) is 1.70. The van der Waals surface area contributed by atoms with E-state index in [-0.39, 0.29) is 0 Å². The Kier molecular flexibility index (Phi) is 4.59. The van der Waals surface area contributed by atoms with Gasteiger partial charge in [0.05, 0.1) is 18.1 Å². The van der Waals surface area contributed by atoms with E-state index in [0.717, 1.165) is 11.3 Å². The minimum atomic E-state index is -0.471. The van der Waals surface area contributed by atoms with Gasteiger partial charge in [-0.05, 0) is 32.4 Å². The number of aryl methyl sites for hydroxylation is 1. The van der Waals surface area contributed by atoms with E-state index in [2.05, 4.69) is 15.3 Å². The van der Waals surface area contributed by atoms with Crippen LogP contribution in [0.3, 0.4) is 0 Å². The van der Waals surface area contributed by atoms with Crippen molar-refractivity contribution < 1.29 is 9.47 Å². The largest absolute Gasteiger partial charge is 0.347 e. The van der Waals surface area contributed by atoms with Crippen LogP contribution in [0.1, 0.15) is 31.4 Å².